The predicted octanol–water partition coefficient (Wildman–Crippen LogP) is 4.39. The van der Waals surface area contributed by atoms with Crippen LogP contribution in [0.3, 0.4) is 0 Å². The summed E-state index contributed by atoms with van der Waals surface area (Å²) in [6.45, 7) is 6.05. The molecule has 0 saturated carbocycles. The highest BCUT2D eigenvalue weighted by Crippen LogP contribution is 2.44. The van der Waals surface area contributed by atoms with Gasteiger partial charge in [0.25, 0.3) is 5.91 Å². The topological polar surface area (TPSA) is 57.6 Å². The van der Waals surface area contributed by atoms with Crippen LogP contribution in [0, 0.1) is 0 Å². The highest BCUT2D eigenvalue weighted by atomic mass is 79.9. The number of rotatable bonds is 7. The SMILES string of the molecule is C=CCN1C(=O)C(O)(CC(=O)c2ccc(CCC)cc2)c2cc(Br)ccc21. The van der Waals surface area contributed by atoms with E-state index in [2.05, 4.69) is 29.4 Å². The van der Waals surface area contributed by atoms with Crippen molar-refractivity contribution < 1.29 is 14.7 Å². The maximum Gasteiger partial charge on any atom is 0.264 e. The fourth-order valence-electron chi connectivity index (χ4n) is 3.48. The zero-order valence-electron chi connectivity index (χ0n) is 15.2. The van der Waals surface area contributed by atoms with E-state index in [1.165, 1.54) is 4.90 Å². The number of Topliss-reactive ketones (excluding diaryl/α,β-unsaturated/α-hetero) is 1. The third-order valence-electron chi connectivity index (χ3n) is 4.84. The zero-order chi connectivity index (χ0) is 19.6. The fraction of sp³-hybridized carbons (Fsp3) is 0.273. The average Bonchev–Trinajstić information content (AvgIpc) is 2.84. The number of hydrogen-bond donors (Lipinski definition) is 1. The van der Waals surface area contributed by atoms with Crippen LogP contribution in [0.5, 0.6) is 0 Å². The van der Waals surface area contributed by atoms with Crippen LogP contribution in [0.2, 0.25) is 0 Å². The lowest BCUT2D eigenvalue weighted by Crippen LogP contribution is -2.41. The second-order valence-corrected chi connectivity index (χ2v) is 7.69. The van der Waals surface area contributed by atoms with E-state index in [1.807, 2.05) is 18.2 Å². The van der Waals surface area contributed by atoms with Crippen molar-refractivity contribution in [2.75, 3.05) is 11.4 Å². The third kappa shape index (κ3) is 3.62. The molecule has 1 aliphatic heterocycles. The van der Waals surface area contributed by atoms with Crippen molar-refractivity contribution >= 4 is 33.3 Å². The Hall–Kier alpha value is -2.24. The van der Waals surface area contributed by atoms with E-state index in [0.717, 1.165) is 22.9 Å². The van der Waals surface area contributed by atoms with E-state index in [-0.39, 0.29) is 18.7 Å². The highest BCUT2D eigenvalue weighted by molar-refractivity contribution is 9.10. The number of carbonyl (C=O) groups is 2. The summed E-state index contributed by atoms with van der Waals surface area (Å²) in [5.41, 5.74) is 0.837. The number of benzene rings is 2. The lowest BCUT2D eigenvalue weighted by atomic mass is 9.88. The first kappa shape index (κ1) is 19.5. The van der Waals surface area contributed by atoms with Crippen LogP contribution < -0.4 is 4.90 Å². The molecule has 0 fully saturated rings. The Morgan fingerprint density at radius 1 is 1.26 bits per heavy atom. The molecule has 3 rings (SSSR count). The monoisotopic (exact) mass is 427 g/mol. The van der Waals surface area contributed by atoms with Crippen molar-refractivity contribution in [2.45, 2.75) is 31.8 Å². The molecule has 2 aromatic rings. The number of halogens is 1. The number of aliphatic hydroxyl groups is 1. The zero-order valence-corrected chi connectivity index (χ0v) is 16.8. The molecule has 27 heavy (non-hydrogen) atoms. The summed E-state index contributed by atoms with van der Waals surface area (Å²) < 4.78 is 0.740. The summed E-state index contributed by atoms with van der Waals surface area (Å²) >= 11 is 3.38. The Labute approximate surface area is 167 Å². The van der Waals surface area contributed by atoms with Gasteiger partial charge in [0, 0.05) is 22.1 Å². The first-order valence-corrected chi connectivity index (χ1v) is 9.77. The number of nitrogens with zero attached hydrogens (tertiary/aromatic N) is 1. The van der Waals surface area contributed by atoms with Crippen molar-refractivity contribution in [3.63, 3.8) is 0 Å². The maximum absolute atomic E-state index is 13.0. The predicted molar refractivity (Wildman–Crippen MR) is 110 cm³/mol. The van der Waals surface area contributed by atoms with Crippen molar-refractivity contribution in [2.24, 2.45) is 0 Å². The normalized spacial score (nSPS) is 18.5. The summed E-state index contributed by atoms with van der Waals surface area (Å²) in [5.74, 6) is -0.758. The van der Waals surface area contributed by atoms with Crippen molar-refractivity contribution in [3.8, 4) is 0 Å². The van der Waals surface area contributed by atoms with Gasteiger partial charge in [-0.25, -0.2) is 0 Å². The number of amides is 1. The van der Waals surface area contributed by atoms with E-state index in [0.29, 0.717) is 16.8 Å². The number of ketones is 1. The lowest BCUT2D eigenvalue weighted by molar-refractivity contribution is -0.135. The first-order chi connectivity index (χ1) is 12.9. The minimum atomic E-state index is -1.87. The van der Waals surface area contributed by atoms with Crippen LogP contribution in [-0.2, 0) is 16.8 Å². The van der Waals surface area contributed by atoms with Gasteiger partial charge in [-0.05, 0) is 30.2 Å². The maximum atomic E-state index is 13.0. The largest absolute Gasteiger partial charge is 0.375 e. The number of aryl methyl sites for hydroxylation is 1. The third-order valence-corrected chi connectivity index (χ3v) is 5.33. The molecule has 0 aromatic heterocycles. The van der Waals surface area contributed by atoms with Gasteiger partial charge in [-0.15, -0.1) is 6.58 Å². The molecule has 4 nitrogen and oxygen atoms in total. The van der Waals surface area contributed by atoms with E-state index in [4.69, 9.17) is 0 Å². The molecule has 0 spiro atoms. The minimum absolute atomic E-state index is 0.264. The van der Waals surface area contributed by atoms with Gasteiger partial charge in [0.05, 0.1) is 12.1 Å². The molecule has 5 heteroatoms. The molecule has 1 heterocycles. The Morgan fingerprint density at radius 2 is 1.96 bits per heavy atom. The first-order valence-electron chi connectivity index (χ1n) is 8.98. The van der Waals surface area contributed by atoms with Gasteiger partial charge < -0.3 is 10.0 Å². The number of carbonyl (C=O) groups excluding carboxylic acids is 2. The molecule has 1 amide bonds. The molecule has 0 radical (unpaired) electrons. The van der Waals surface area contributed by atoms with Crippen LogP contribution >= 0.6 is 15.9 Å². The van der Waals surface area contributed by atoms with Crippen LogP contribution in [0.25, 0.3) is 0 Å². The van der Waals surface area contributed by atoms with E-state index in [9.17, 15) is 14.7 Å². The van der Waals surface area contributed by atoms with Gasteiger partial charge >= 0.3 is 0 Å². The van der Waals surface area contributed by atoms with E-state index >= 15 is 0 Å². The standard InChI is InChI=1S/C22H22BrNO3/c1-3-5-15-6-8-16(9-7-15)20(25)14-22(27)18-13-17(23)10-11-19(18)24(12-4-2)21(22)26/h4,6-11,13,27H,2-3,5,12,14H2,1H3. The van der Waals surface area contributed by atoms with Crippen LogP contribution in [0.4, 0.5) is 5.69 Å². The average molecular weight is 428 g/mol. The van der Waals surface area contributed by atoms with Crippen LogP contribution in [0.1, 0.15) is 41.3 Å². The molecule has 0 aliphatic carbocycles. The summed E-state index contributed by atoms with van der Waals surface area (Å²) in [4.78, 5) is 27.2. The Balaban J connectivity index is 1.93. The Morgan fingerprint density at radius 3 is 2.59 bits per heavy atom. The van der Waals surface area contributed by atoms with Gasteiger partial charge in [-0.2, -0.15) is 0 Å². The molecular weight excluding hydrogens is 406 g/mol. The summed E-state index contributed by atoms with van der Waals surface area (Å²) in [5, 5.41) is 11.2. The van der Waals surface area contributed by atoms with E-state index < -0.39 is 11.5 Å². The fourth-order valence-corrected chi connectivity index (χ4v) is 3.85. The van der Waals surface area contributed by atoms with Gasteiger partial charge in [0.2, 0.25) is 0 Å². The molecule has 1 atom stereocenters. The number of anilines is 1. The van der Waals surface area contributed by atoms with Crippen molar-refractivity contribution in [3.05, 3.63) is 76.3 Å². The molecule has 1 N–H and O–H groups in total. The molecular formula is C22H22BrNO3. The van der Waals surface area contributed by atoms with Gasteiger partial charge in [-0.1, -0.05) is 59.6 Å². The molecule has 1 unspecified atom stereocenters. The summed E-state index contributed by atoms with van der Waals surface area (Å²) in [7, 11) is 0. The molecule has 140 valence electrons. The van der Waals surface area contributed by atoms with Crippen molar-refractivity contribution in [1.82, 2.24) is 0 Å². The van der Waals surface area contributed by atoms with Gasteiger partial charge in [0.15, 0.2) is 11.4 Å². The minimum Gasteiger partial charge on any atom is -0.375 e. The Bertz CT molecular complexity index is 891. The van der Waals surface area contributed by atoms with Gasteiger partial charge in [0.1, 0.15) is 0 Å². The highest BCUT2D eigenvalue weighted by Gasteiger charge is 2.50. The second-order valence-electron chi connectivity index (χ2n) is 6.77. The number of hydrogen-bond acceptors (Lipinski definition) is 3. The summed E-state index contributed by atoms with van der Waals surface area (Å²) in [6, 6.07) is 12.6. The molecule has 0 saturated heterocycles. The summed E-state index contributed by atoms with van der Waals surface area (Å²) in [6.07, 6.45) is 3.29. The molecule has 1 aliphatic rings. The second kappa shape index (κ2) is 7.79. The quantitative estimate of drug-likeness (QED) is 0.526. The molecule has 2 aromatic carbocycles. The Kier molecular flexibility index (Phi) is 5.63. The number of fused-ring (bicyclic) bond motifs is 1. The van der Waals surface area contributed by atoms with Gasteiger partial charge in [-0.3, -0.25) is 9.59 Å². The lowest BCUT2D eigenvalue weighted by Gasteiger charge is -2.22. The smallest absolute Gasteiger partial charge is 0.264 e. The van der Waals surface area contributed by atoms with Crippen LogP contribution in [-0.4, -0.2) is 23.3 Å². The van der Waals surface area contributed by atoms with E-state index in [1.54, 1.807) is 30.3 Å². The van der Waals surface area contributed by atoms with Crippen molar-refractivity contribution in [1.29, 1.82) is 0 Å². The van der Waals surface area contributed by atoms with Crippen LogP contribution in [0.15, 0.2) is 59.6 Å². The molecule has 0 bridgehead atoms.